The number of carbonyl (C=O) groups is 2. The predicted molar refractivity (Wildman–Crippen MR) is 114 cm³/mol. The third-order valence-corrected chi connectivity index (χ3v) is 4.97. The zero-order valence-electron chi connectivity index (χ0n) is 15.4. The number of aromatic nitrogens is 1. The highest BCUT2D eigenvalue weighted by Crippen LogP contribution is 2.26. The van der Waals surface area contributed by atoms with Gasteiger partial charge in [-0.3, -0.25) is 9.59 Å². The van der Waals surface area contributed by atoms with Crippen molar-refractivity contribution in [3.8, 4) is 5.75 Å². The largest absolute Gasteiger partial charge is 0.493 e. The van der Waals surface area contributed by atoms with Gasteiger partial charge in [0.2, 0.25) is 5.91 Å². The molecule has 0 radical (unpaired) electrons. The van der Waals surface area contributed by atoms with Crippen molar-refractivity contribution >= 4 is 39.2 Å². The Kier molecular flexibility index (Phi) is 5.57. The molecular weight excluding hydrogens is 434 g/mol. The van der Waals surface area contributed by atoms with E-state index in [9.17, 15) is 9.59 Å². The molecule has 1 aromatic heterocycles. The number of fused-ring (bicyclic) bond motifs is 1. The van der Waals surface area contributed by atoms with Crippen LogP contribution in [0.3, 0.4) is 0 Å². The molecule has 0 saturated heterocycles. The Labute approximate surface area is 176 Å². The number of halogens is 1. The number of anilines is 2. The number of benzene rings is 2. The maximum absolute atomic E-state index is 12.4. The molecule has 2 heterocycles. The number of nitrogens with one attached hydrogen (secondary N) is 2. The summed E-state index contributed by atoms with van der Waals surface area (Å²) in [5, 5.41) is 5.59. The van der Waals surface area contributed by atoms with E-state index in [1.165, 1.54) is 0 Å². The van der Waals surface area contributed by atoms with Gasteiger partial charge in [-0.25, -0.2) is 4.98 Å². The minimum atomic E-state index is -0.297. The normalized spacial score (nSPS) is 12.0. The number of carbonyl (C=O) groups excluding carboxylic acids is 2. The molecule has 2 N–H and O–H groups in total. The topological polar surface area (TPSA) is 80.3 Å². The lowest BCUT2D eigenvalue weighted by atomic mass is 10.1. The first kappa shape index (κ1) is 19.1. The molecule has 4 rings (SSSR count). The summed E-state index contributed by atoms with van der Waals surface area (Å²) in [5.74, 6) is 0.909. The molecular formula is C22H18BrN3O3. The summed E-state index contributed by atoms with van der Waals surface area (Å²) in [6.07, 6.45) is 2.74. The number of pyridine rings is 1. The average Bonchev–Trinajstić information content (AvgIpc) is 3.17. The van der Waals surface area contributed by atoms with Gasteiger partial charge in [0.05, 0.1) is 13.0 Å². The van der Waals surface area contributed by atoms with Gasteiger partial charge in [0.15, 0.2) is 0 Å². The summed E-state index contributed by atoms with van der Waals surface area (Å²) >= 11 is 3.31. The van der Waals surface area contributed by atoms with Crippen LogP contribution in [0.15, 0.2) is 65.3 Å². The van der Waals surface area contributed by atoms with E-state index >= 15 is 0 Å². The molecule has 0 bridgehead atoms. The van der Waals surface area contributed by atoms with Gasteiger partial charge in [0, 0.05) is 28.3 Å². The van der Waals surface area contributed by atoms with Crippen LogP contribution in [0.5, 0.6) is 5.75 Å². The maximum Gasteiger partial charge on any atom is 0.256 e. The van der Waals surface area contributed by atoms with Crippen molar-refractivity contribution in [3.63, 3.8) is 0 Å². The van der Waals surface area contributed by atoms with Crippen LogP contribution < -0.4 is 15.4 Å². The maximum atomic E-state index is 12.4. The molecule has 0 aliphatic carbocycles. The van der Waals surface area contributed by atoms with Gasteiger partial charge in [0.25, 0.3) is 5.91 Å². The van der Waals surface area contributed by atoms with Crippen molar-refractivity contribution in [3.05, 3.63) is 82.0 Å². The highest BCUT2D eigenvalue weighted by molar-refractivity contribution is 9.10. The Morgan fingerprint density at radius 3 is 2.79 bits per heavy atom. The standard InChI is InChI=1S/C22H18BrN3O3/c23-17-5-7-20(24-13-17)26-22(28)16-2-1-3-18(12-16)25-21(27)11-14-4-6-19-15(10-14)8-9-29-19/h1-7,10,12-13H,8-9,11H2,(H,25,27)(H,24,26,28). The highest BCUT2D eigenvalue weighted by atomic mass is 79.9. The molecule has 0 unspecified atom stereocenters. The molecule has 0 atom stereocenters. The number of rotatable bonds is 5. The molecule has 7 heteroatoms. The Morgan fingerprint density at radius 2 is 1.97 bits per heavy atom. The fourth-order valence-corrected chi connectivity index (χ4v) is 3.35. The van der Waals surface area contributed by atoms with Crippen molar-refractivity contribution in [2.45, 2.75) is 12.8 Å². The van der Waals surface area contributed by atoms with Crippen LogP contribution >= 0.6 is 15.9 Å². The molecule has 0 fully saturated rings. The predicted octanol–water partition coefficient (Wildman–Crippen LogP) is 4.21. The smallest absolute Gasteiger partial charge is 0.256 e. The van der Waals surface area contributed by atoms with Crippen LogP contribution in [0.25, 0.3) is 0 Å². The van der Waals surface area contributed by atoms with E-state index in [4.69, 9.17) is 4.74 Å². The molecule has 1 aliphatic heterocycles. The second-order valence-electron chi connectivity index (χ2n) is 6.66. The summed E-state index contributed by atoms with van der Waals surface area (Å²) < 4.78 is 6.32. The molecule has 1 aliphatic rings. The Hall–Kier alpha value is -3.19. The Balaban J connectivity index is 1.39. The van der Waals surface area contributed by atoms with Gasteiger partial charge in [-0.1, -0.05) is 18.2 Å². The van der Waals surface area contributed by atoms with Crippen molar-refractivity contribution in [2.75, 3.05) is 17.2 Å². The van der Waals surface area contributed by atoms with Gasteiger partial charge in [-0.15, -0.1) is 0 Å². The zero-order valence-corrected chi connectivity index (χ0v) is 17.0. The van der Waals surface area contributed by atoms with Crippen LogP contribution in [-0.4, -0.2) is 23.4 Å². The highest BCUT2D eigenvalue weighted by Gasteiger charge is 2.14. The van der Waals surface area contributed by atoms with Crippen LogP contribution in [0, 0.1) is 0 Å². The van der Waals surface area contributed by atoms with Crippen molar-refractivity contribution < 1.29 is 14.3 Å². The van der Waals surface area contributed by atoms with E-state index in [0.717, 1.165) is 27.8 Å². The van der Waals surface area contributed by atoms with E-state index in [-0.39, 0.29) is 18.2 Å². The van der Waals surface area contributed by atoms with Crippen molar-refractivity contribution in [2.24, 2.45) is 0 Å². The van der Waals surface area contributed by atoms with Gasteiger partial charge in [-0.2, -0.15) is 0 Å². The molecule has 0 spiro atoms. The van der Waals surface area contributed by atoms with E-state index in [2.05, 4.69) is 31.5 Å². The molecule has 2 aromatic carbocycles. The third kappa shape index (κ3) is 4.81. The van der Waals surface area contributed by atoms with E-state index in [1.807, 2.05) is 18.2 Å². The number of nitrogens with zero attached hydrogens (tertiary/aromatic N) is 1. The summed E-state index contributed by atoms with van der Waals surface area (Å²) in [6.45, 7) is 0.690. The number of hydrogen-bond donors (Lipinski definition) is 2. The van der Waals surface area contributed by atoms with E-state index in [0.29, 0.717) is 23.7 Å². The number of ether oxygens (including phenoxy) is 1. The Morgan fingerprint density at radius 1 is 1.07 bits per heavy atom. The van der Waals surface area contributed by atoms with Crippen LogP contribution in [-0.2, 0) is 17.6 Å². The lowest BCUT2D eigenvalue weighted by molar-refractivity contribution is -0.115. The second kappa shape index (κ2) is 8.45. The lowest BCUT2D eigenvalue weighted by Crippen LogP contribution is -2.16. The van der Waals surface area contributed by atoms with E-state index in [1.54, 1.807) is 42.6 Å². The fourth-order valence-electron chi connectivity index (χ4n) is 3.12. The lowest BCUT2D eigenvalue weighted by Gasteiger charge is -2.09. The van der Waals surface area contributed by atoms with E-state index < -0.39 is 0 Å². The quantitative estimate of drug-likeness (QED) is 0.608. The number of hydrogen-bond acceptors (Lipinski definition) is 4. The molecule has 0 saturated carbocycles. The summed E-state index contributed by atoms with van der Waals surface area (Å²) in [4.78, 5) is 29.0. The van der Waals surface area contributed by atoms with Gasteiger partial charge in [0.1, 0.15) is 11.6 Å². The van der Waals surface area contributed by atoms with Gasteiger partial charge >= 0.3 is 0 Å². The molecule has 146 valence electrons. The second-order valence-corrected chi connectivity index (χ2v) is 7.58. The average molecular weight is 452 g/mol. The summed E-state index contributed by atoms with van der Waals surface area (Å²) in [6, 6.07) is 16.1. The van der Waals surface area contributed by atoms with Gasteiger partial charge < -0.3 is 15.4 Å². The number of amides is 2. The molecule has 6 nitrogen and oxygen atoms in total. The first-order chi connectivity index (χ1) is 14.1. The molecule has 29 heavy (non-hydrogen) atoms. The minimum Gasteiger partial charge on any atom is -0.493 e. The Bertz CT molecular complexity index is 1070. The molecule has 3 aromatic rings. The van der Waals surface area contributed by atoms with Crippen molar-refractivity contribution in [1.29, 1.82) is 0 Å². The third-order valence-electron chi connectivity index (χ3n) is 4.50. The van der Waals surface area contributed by atoms with Crippen LogP contribution in [0.4, 0.5) is 11.5 Å². The van der Waals surface area contributed by atoms with Crippen LogP contribution in [0.1, 0.15) is 21.5 Å². The first-order valence-electron chi connectivity index (χ1n) is 9.14. The molecule has 2 amide bonds. The first-order valence-corrected chi connectivity index (χ1v) is 9.93. The van der Waals surface area contributed by atoms with Gasteiger partial charge in [-0.05, 0) is 63.5 Å². The summed E-state index contributed by atoms with van der Waals surface area (Å²) in [7, 11) is 0. The summed E-state index contributed by atoms with van der Waals surface area (Å²) in [5.41, 5.74) is 3.07. The van der Waals surface area contributed by atoms with Crippen LogP contribution in [0.2, 0.25) is 0 Å². The van der Waals surface area contributed by atoms with Crippen molar-refractivity contribution in [1.82, 2.24) is 4.98 Å². The zero-order chi connectivity index (χ0) is 20.2. The minimum absolute atomic E-state index is 0.143. The monoisotopic (exact) mass is 451 g/mol. The SMILES string of the molecule is O=C(Cc1ccc2c(c1)CCO2)Nc1cccc(C(=O)Nc2ccc(Br)cn2)c1. The fraction of sp³-hybridized carbons (Fsp3) is 0.136.